The van der Waals surface area contributed by atoms with Gasteiger partial charge in [-0.05, 0) is 73.9 Å². The zero-order valence-electron chi connectivity index (χ0n) is 22.2. The van der Waals surface area contributed by atoms with E-state index in [4.69, 9.17) is 11.6 Å². The summed E-state index contributed by atoms with van der Waals surface area (Å²) >= 11 is 9.44. The number of carbonyl (C=O) groups is 2. The predicted molar refractivity (Wildman–Crippen MR) is 159 cm³/mol. The van der Waals surface area contributed by atoms with Crippen molar-refractivity contribution < 1.29 is 18.0 Å². The first-order valence-electron chi connectivity index (χ1n) is 12.7. The lowest BCUT2D eigenvalue weighted by Gasteiger charge is -2.33. The van der Waals surface area contributed by atoms with Gasteiger partial charge < -0.3 is 10.2 Å². The summed E-state index contributed by atoms with van der Waals surface area (Å²) in [7, 11) is -4.10. The monoisotopic (exact) mass is 633 g/mol. The molecule has 39 heavy (non-hydrogen) atoms. The van der Waals surface area contributed by atoms with Crippen molar-refractivity contribution in [2.24, 2.45) is 0 Å². The lowest BCUT2D eigenvalue weighted by atomic mass is 10.1. The van der Waals surface area contributed by atoms with Crippen LogP contribution < -0.4 is 9.62 Å². The Labute approximate surface area is 244 Å². The molecule has 0 saturated heterocycles. The molecule has 2 atom stereocenters. The van der Waals surface area contributed by atoms with E-state index in [9.17, 15) is 18.0 Å². The number of hydrogen-bond donors (Lipinski definition) is 1. The molecular formula is C29H33BrClN3O4S. The van der Waals surface area contributed by atoms with E-state index in [2.05, 4.69) is 21.2 Å². The number of rotatable bonds is 12. The molecule has 0 radical (unpaired) electrons. The molecule has 0 aliphatic rings. The number of nitrogens with one attached hydrogen (secondary N) is 1. The molecule has 208 valence electrons. The minimum absolute atomic E-state index is 0.0616. The number of halogens is 2. The van der Waals surface area contributed by atoms with Crippen LogP contribution in [-0.4, -0.2) is 43.8 Å². The van der Waals surface area contributed by atoms with E-state index in [-0.39, 0.29) is 23.4 Å². The van der Waals surface area contributed by atoms with Crippen molar-refractivity contribution in [1.82, 2.24) is 10.2 Å². The Morgan fingerprint density at radius 1 is 0.923 bits per heavy atom. The van der Waals surface area contributed by atoms with Crippen molar-refractivity contribution in [3.05, 3.63) is 93.9 Å². The maximum atomic E-state index is 14.0. The first-order chi connectivity index (χ1) is 18.6. The molecule has 3 aromatic carbocycles. The minimum atomic E-state index is -4.10. The Bertz CT molecular complexity index is 1350. The maximum absolute atomic E-state index is 14.0. The lowest BCUT2D eigenvalue weighted by molar-refractivity contribution is -0.140. The van der Waals surface area contributed by atoms with Gasteiger partial charge >= 0.3 is 0 Å². The average Bonchev–Trinajstić information content (AvgIpc) is 2.93. The second-order valence-electron chi connectivity index (χ2n) is 9.19. The van der Waals surface area contributed by atoms with Gasteiger partial charge in [-0.15, -0.1) is 0 Å². The SMILES string of the molecule is CC[C@H](C(=O)N[C@@H](C)CC)N(Cc1ccc(Cl)cc1)C(=O)CN(c1ccc(Br)cc1)S(=O)(=O)c1ccccc1. The third kappa shape index (κ3) is 8.06. The molecule has 0 unspecified atom stereocenters. The fourth-order valence-electron chi connectivity index (χ4n) is 4.00. The average molecular weight is 635 g/mol. The molecule has 0 bridgehead atoms. The van der Waals surface area contributed by atoms with E-state index in [0.29, 0.717) is 17.1 Å². The molecule has 0 spiro atoms. The molecule has 3 aromatic rings. The van der Waals surface area contributed by atoms with E-state index in [1.165, 1.54) is 17.0 Å². The predicted octanol–water partition coefficient (Wildman–Crippen LogP) is 6.02. The Balaban J connectivity index is 2.03. The Kier molecular flexibility index (Phi) is 11.0. The molecular weight excluding hydrogens is 602 g/mol. The lowest BCUT2D eigenvalue weighted by Crippen LogP contribution is -2.53. The Morgan fingerprint density at radius 3 is 2.10 bits per heavy atom. The first-order valence-corrected chi connectivity index (χ1v) is 15.4. The summed E-state index contributed by atoms with van der Waals surface area (Å²) in [6.07, 6.45) is 1.09. The van der Waals surface area contributed by atoms with Crippen LogP contribution in [0.5, 0.6) is 0 Å². The number of anilines is 1. The van der Waals surface area contributed by atoms with Crippen molar-refractivity contribution in [3.8, 4) is 0 Å². The molecule has 10 heteroatoms. The molecule has 0 fully saturated rings. The summed E-state index contributed by atoms with van der Waals surface area (Å²) in [5, 5.41) is 3.52. The highest BCUT2D eigenvalue weighted by Crippen LogP contribution is 2.26. The second kappa shape index (κ2) is 14.0. The van der Waals surface area contributed by atoms with Crippen LogP contribution in [0.4, 0.5) is 5.69 Å². The van der Waals surface area contributed by atoms with Gasteiger partial charge in [-0.1, -0.05) is 71.7 Å². The quantitative estimate of drug-likeness (QED) is 0.264. The summed E-state index contributed by atoms with van der Waals surface area (Å²) in [5.41, 5.74) is 1.10. The number of sulfonamides is 1. The van der Waals surface area contributed by atoms with Crippen LogP contribution >= 0.6 is 27.5 Å². The van der Waals surface area contributed by atoms with E-state index >= 15 is 0 Å². The summed E-state index contributed by atoms with van der Waals surface area (Å²) in [6.45, 7) is 5.32. The highest BCUT2D eigenvalue weighted by atomic mass is 79.9. The number of carbonyl (C=O) groups excluding carboxylic acids is 2. The molecule has 7 nitrogen and oxygen atoms in total. The summed E-state index contributed by atoms with van der Waals surface area (Å²) in [5.74, 6) is -0.784. The smallest absolute Gasteiger partial charge is 0.264 e. The summed E-state index contributed by atoms with van der Waals surface area (Å²) in [6, 6.07) is 20.8. The van der Waals surface area contributed by atoms with E-state index < -0.39 is 28.5 Å². The van der Waals surface area contributed by atoms with Crippen LogP contribution in [0, 0.1) is 0 Å². The normalized spacial score (nSPS) is 12.8. The first kappa shape index (κ1) is 30.7. The number of hydrogen-bond acceptors (Lipinski definition) is 4. The van der Waals surface area contributed by atoms with Gasteiger partial charge in [0, 0.05) is 22.1 Å². The van der Waals surface area contributed by atoms with Crippen LogP contribution in [0.25, 0.3) is 0 Å². The van der Waals surface area contributed by atoms with Crippen LogP contribution in [0.2, 0.25) is 5.02 Å². The number of nitrogens with zero attached hydrogens (tertiary/aromatic N) is 2. The summed E-state index contributed by atoms with van der Waals surface area (Å²) < 4.78 is 29.4. The Morgan fingerprint density at radius 2 is 1.54 bits per heavy atom. The van der Waals surface area contributed by atoms with E-state index in [0.717, 1.165) is 20.8 Å². The number of amides is 2. The minimum Gasteiger partial charge on any atom is -0.352 e. The molecule has 2 amide bonds. The molecule has 0 aliphatic heterocycles. The maximum Gasteiger partial charge on any atom is 0.264 e. The fourth-order valence-corrected chi connectivity index (χ4v) is 5.83. The number of benzene rings is 3. The third-order valence-corrected chi connectivity index (χ3v) is 8.95. The van der Waals surface area contributed by atoms with Gasteiger partial charge in [0.25, 0.3) is 10.0 Å². The molecule has 0 aliphatic carbocycles. The van der Waals surface area contributed by atoms with Gasteiger partial charge in [0.05, 0.1) is 10.6 Å². The summed E-state index contributed by atoms with van der Waals surface area (Å²) in [4.78, 5) is 28.8. The molecule has 0 saturated carbocycles. The van der Waals surface area contributed by atoms with Crippen molar-refractivity contribution in [2.75, 3.05) is 10.8 Å². The van der Waals surface area contributed by atoms with Gasteiger partial charge in [0.2, 0.25) is 11.8 Å². The zero-order chi connectivity index (χ0) is 28.6. The largest absolute Gasteiger partial charge is 0.352 e. The van der Waals surface area contributed by atoms with E-state index in [1.54, 1.807) is 66.7 Å². The molecule has 0 aromatic heterocycles. The van der Waals surface area contributed by atoms with Crippen LogP contribution in [-0.2, 0) is 26.2 Å². The molecule has 0 heterocycles. The topological polar surface area (TPSA) is 86.8 Å². The Hall–Kier alpha value is -2.88. The van der Waals surface area contributed by atoms with Crippen LogP contribution in [0.3, 0.4) is 0 Å². The van der Waals surface area contributed by atoms with E-state index in [1.807, 2.05) is 20.8 Å². The van der Waals surface area contributed by atoms with Crippen LogP contribution in [0.1, 0.15) is 39.2 Å². The van der Waals surface area contributed by atoms with Gasteiger partial charge in [0.1, 0.15) is 12.6 Å². The standard InChI is InChI=1S/C29H33BrClN3O4S/c1-4-21(3)32-29(36)27(5-2)33(19-22-11-15-24(31)16-12-22)28(35)20-34(25-17-13-23(30)14-18-25)39(37,38)26-9-7-6-8-10-26/h6-18,21,27H,4-5,19-20H2,1-3H3,(H,32,36)/t21-,27+/m0/s1. The highest BCUT2D eigenvalue weighted by molar-refractivity contribution is 9.10. The van der Waals surface area contributed by atoms with Gasteiger partial charge in [-0.25, -0.2) is 8.42 Å². The second-order valence-corrected chi connectivity index (χ2v) is 12.4. The third-order valence-electron chi connectivity index (χ3n) is 6.38. The molecule has 3 rings (SSSR count). The van der Waals surface area contributed by atoms with Crippen LogP contribution in [0.15, 0.2) is 88.2 Å². The van der Waals surface area contributed by atoms with Crippen molar-refractivity contribution in [3.63, 3.8) is 0 Å². The van der Waals surface area contributed by atoms with Crippen molar-refractivity contribution in [2.45, 2.75) is 57.1 Å². The fraction of sp³-hybridized carbons (Fsp3) is 0.310. The van der Waals surface area contributed by atoms with Gasteiger partial charge in [-0.3, -0.25) is 13.9 Å². The zero-order valence-corrected chi connectivity index (χ0v) is 25.3. The van der Waals surface area contributed by atoms with Crippen molar-refractivity contribution >= 4 is 55.1 Å². The van der Waals surface area contributed by atoms with Crippen molar-refractivity contribution in [1.29, 1.82) is 0 Å². The van der Waals surface area contributed by atoms with Gasteiger partial charge in [-0.2, -0.15) is 0 Å². The highest BCUT2D eigenvalue weighted by Gasteiger charge is 2.33. The molecule has 1 N–H and O–H groups in total. The van der Waals surface area contributed by atoms with Gasteiger partial charge in [0.15, 0.2) is 0 Å².